The molecule has 0 aromatic rings. The zero-order valence-corrected chi connectivity index (χ0v) is 43.7. The number of aliphatic carboxylic acids is 2. The molecule has 0 aromatic heterocycles. The maximum Gasteiger partial charge on any atom is 0.326 e. The Bertz CT molecular complexity index is 1890. The van der Waals surface area contributed by atoms with Crippen LogP contribution in [0.25, 0.3) is 0 Å². The van der Waals surface area contributed by atoms with E-state index in [0.29, 0.717) is 6.42 Å². The predicted octanol–water partition coefficient (Wildman–Crippen LogP) is -1.47. The minimum atomic E-state index is -1.63. The molecule has 0 heterocycles. The van der Waals surface area contributed by atoms with E-state index in [9.17, 15) is 67.7 Å². The Morgan fingerprint density at radius 3 is 0.986 bits per heavy atom. The molecular weight excluding hydrogens is 943 g/mol. The molecule has 0 bridgehead atoms. The molecule has 0 aromatic carbocycles. The van der Waals surface area contributed by atoms with Crippen molar-refractivity contribution in [1.29, 1.82) is 0 Å². The average molecular weight is 1030 g/mol. The lowest BCUT2D eigenvalue weighted by atomic mass is 10.00. The fraction of sp³-hybridized carbons (Fsp3) is 0.745. The van der Waals surface area contributed by atoms with Crippen LogP contribution in [0.2, 0.25) is 0 Å². The minimum absolute atomic E-state index is 0.0157. The molecular formula is C47H83N11O14. The number of nitrogens with one attached hydrogen (secondary N) is 8. The molecule has 16 N–H and O–H groups in total. The topological polar surface area (TPSA) is 420 Å². The van der Waals surface area contributed by atoms with Crippen molar-refractivity contribution in [2.24, 2.45) is 46.8 Å². The largest absolute Gasteiger partial charge is 0.481 e. The van der Waals surface area contributed by atoms with Crippen LogP contribution in [0.4, 0.5) is 0 Å². The summed E-state index contributed by atoms with van der Waals surface area (Å²) < 4.78 is 0. The molecule has 0 fully saturated rings. The first-order valence-corrected chi connectivity index (χ1v) is 24.5. The summed E-state index contributed by atoms with van der Waals surface area (Å²) >= 11 is 0. The number of carboxylic acids is 2. The Hall–Kier alpha value is -6.40. The first kappa shape index (κ1) is 65.6. The van der Waals surface area contributed by atoms with Gasteiger partial charge in [0.25, 0.3) is 0 Å². The second-order valence-corrected chi connectivity index (χ2v) is 20.2. The molecule has 0 spiro atoms. The summed E-state index contributed by atoms with van der Waals surface area (Å²) in [7, 11) is 0. The molecule has 410 valence electrons. The highest BCUT2D eigenvalue weighted by atomic mass is 16.4. The Kier molecular flexibility index (Phi) is 29.7. The average Bonchev–Trinajstić information content (AvgIpc) is 3.24. The minimum Gasteiger partial charge on any atom is -0.481 e. The van der Waals surface area contributed by atoms with Gasteiger partial charge in [-0.2, -0.15) is 0 Å². The van der Waals surface area contributed by atoms with Gasteiger partial charge in [0.05, 0.1) is 6.04 Å². The van der Waals surface area contributed by atoms with Crippen molar-refractivity contribution in [3.63, 3.8) is 0 Å². The molecule has 0 aliphatic carbocycles. The van der Waals surface area contributed by atoms with Crippen molar-refractivity contribution in [2.45, 2.75) is 195 Å². The summed E-state index contributed by atoms with van der Waals surface area (Å²) in [6.45, 7) is 18.8. The van der Waals surface area contributed by atoms with Crippen molar-refractivity contribution in [3.05, 3.63) is 0 Å². The maximum absolute atomic E-state index is 14.0. The van der Waals surface area contributed by atoms with Gasteiger partial charge in [-0.1, -0.05) is 69.2 Å². The van der Waals surface area contributed by atoms with E-state index < -0.39 is 170 Å². The number of carbonyl (C=O) groups excluding carboxylic acids is 10. The number of nitrogens with two attached hydrogens (primary N) is 3. The molecule has 72 heavy (non-hydrogen) atoms. The molecule has 25 nitrogen and oxygen atoms in total. The highest BCUT2D eigenvalue weighted by Crippen LogP contribution is 2.13. The lowest BCUT2D eigenvalue weighted by Gasteiger charge is -2.28. The summed E-state index contributed by atoms with van der Waals surface area (Å²) in [5.74, 6) is -12.5. The van der Waals surface area contributed by atoms with Crippen LogP contribution < -0.4 is 59.7 Å². The third-order valence-electron chi connectivity index (χ3n) is 11.0. The van der Waals surface area contributed by atoms with E-state index >= 15 is 0 Å². The van der Waals surface area contributed by atoms with Crippen LogP contribution in [0.5, 0.6) is 0 Å². The van der Waals surface area contributed by atoms with Crippen LogP contribution in [0, 0.1) is 29.6 Å². The van der Waals surface area contributed by atoms with Crippen molar-refractivity contribution in [3.8, 4) is 0 Å². The van der Waals surface area contributed by atoms with Gasteiger partial charge in [-0.15, -0.1) is 0 Å². The Labute approximate surface area is 421 Å². The first-order chi connectivity index (χ1) is 33.2. The van der Waals surface area contributed by atoms with Crippen LogP contribution in [0.15, 0.2) is 0 Å². The van der Waals surface area contributed by atoms with E-state index in [1.807, 2.05) is 27.7 Å². The fourth-order valence-corrected chi connectivity index (χ4v) is 7.18. The van der Waals surface area contributed by atoms with E-state index in [1.165, 1.54) is 20.8 Å². The lowest BCUT2D eigenvalue weighted by Crippen LogP contribution is -2.60. The molecule has 25 heteroatoms. The fourth-order valence-electron chi connectivity index (χ4n) is 7.18. The Balaban J connectivity index is 6.64. The number of carbonyl (C=O) groups is 12. The normalized spacial score (nSPS) is 15.1. The van der Waals surface area contributed by atoms with E-state index in [-0.39, 0.29) is 42.9 Å². The van der Waals surface area contributed by atoms with E-state index in [4.69, 9.17) is 17.2 Å². The van der Waals surface area contributed by atoms with E-state index in [2.05, 4.69) is 42.5 Å². The Morgan fingerprint density at radius 1 is 0.375 bits per heavy atom. The van der Waals surface area contributed by atoms with Crippen molar-refractivity contribution in [2.75, 3.05) is 0 Å². The number of rotatable bonds is 35. The molecule has 0 radical (unpaired) electrons. The van der Waals surface area contributed by atoms with Gasteiger partial charge in [0.2, 0.25) is 59.1 Å². The van der Waals surface area contributed by atoms with Crippen molar-refractivity contribution >= 4 is 71.0 Å². The first-order valence-electron chi connectivity index (χ1n) is 24.5. The van der Waals surface area contributed by atoms with Gasteiger partial charge in [0.15, 0.2) is 0 Å². The van der Waals surface area contributed by atoms with Gasteiger partial charge in [-0.05, 0) is 81.5 Å². The second-order valence-electron chi connectivity index (χ2n) is 20.2. The molecule has 0 aliphatic heterocycles. The molecule has 0 saturated carbocycles. The zero-order valence-electron chi connectivity index (χ0n) is 43.7. The lowest BCUT2D eigenvalue weighted by molar-refractivity contribution is -0.144. The van der Waals surface area contributed by atoms with Gasteiger partial charge in [-0.3, -0.25) is 52.7 Å². The number of hydrogen-bond donors (Lipinski definition) is 13. The second kappa shape index (κ2) is 32.5. The van der Waals surface area contributed by atoms with Gasteiger partial charge in [0, 0.05) is 19.3 Å². The highest BCUT2D eigenvalue weighted by molar-refractivity contribution is 5.98. The van der Waals surface area contributed by atoms with Crippen molar-refractivity contribution in [1.82, 2.24) is 42.5 Å². The zero-order chi connectivity index (χ0) is 55.7. The van der Waals surface area contributed by atoms with Gasteiger partial charge >= 0.3 is 11.9 Å². The van der Waals surface area contributed by atoms with Gasteiger partial charge < -0.3 is 69.9 Å². The SMILES string of the molecule is CC(C)C[C@H](NC(=O)[C@H](C)NC(=O)[C@H](CC(C)C)NC(=O)[C@@H](N)CC(C)C)C(=O)N[C@@H](CCC(N)=O)C(=O)N[C@@H](CCC(N)=O)C(=O)N[C@@H](CC(C)C)C(=O)N[C@@H](CCC(=O)O)C(=O)N[C@H](C(=O)O)C(C)C. The smallest absolute Gasteiger partial charge is 0.326 e. The standard InChI is InChI=1S/C47H83N11O14/c1-22(2)18-28(48)40(64)56-32(19-23(3)4)44(68)51-27(11)39(63)55-33(20-24(5)6)45(69)53-29(12-15-35(49)59)41(65)52-30(13-16-36(50)60)42(66)57-34(21-25(7)8)46(70)54-31(14-17-37(61)62)43(67)58-38(26(9)10)47(71)72/h22-34,38H,12-21,48H2,1-11H3,(H2,49,59)(H2,50,60)(H,51,68)(H,52,65)(H,53,69)(H,54,70)(H,55,63)(H,56,64)(H,57,66)(H,58,67)(H,61,62)(H,71,72)/t27-,28-,29-,30-,31-,32-,33-,34-,38-/m0/s1. The molecule has 0 unspecified atom stereocenters. The van der Waals surface area contributed by atoms with Crippen molar-refractivity contribution < 1.29 is 67.7 Å². The van der Waals surface area contributed by atoms with Crippen LogP contribution in [-0.2, 0) is 57.5 Å². The number of hydrogen-bond acceptors (Lipinski definition) is 13. The maximum atomic E-state index is 14.0. The van der Waals surface area contributed by atoms with Crippen LogP contribution in [0.3, 0.4) is 0 Å². The summed E-state index contributed by atoms with van der Waals surface area (Å²) in [5, 5.41) is 38.9. The number of carboxylic acid groups (broad SMARTS) is 2. The van der Waals surface area contributed by atoms with Gasteiger partial charge in [-0.25, -0.2) is 4.79 Å². The number of amides is 10. The third kappa shape index (κ3) is 26.7. The van der Waals surface area contributed by atoms with Crippen LogP contribution in [0.1, 0.15) is 140 Å². The Morgan fingerprint density at radius 2 is 0.667 bits per heavy atom. The third-order valence-corrected chi connectivity index (χ3v) is 11.0. The summed E-state index contributed by atoms with van der Waals surface area (Å²) in [6, 6.07) is -12.1. The molecule has 0 saturated heterocycles. The van der Waals surface area contributed by atoms with Crippen LogP contribution in [-0.4, -0.2) is 136 Å². The van der Waals surface area contributed by atoms with Gasteiger partial charge in [0.1, 0.15) is 48.3 Å². The number of primary amides is 2. The summed E-state index contributed by atoms with van der Waals surface area (Å²) in [6.07, 6.45) is -2.29. The summed E-state index contributed by atoms with van der Waals surface area (Å²) in [4.78, 5) is 156. The summed E-state index contributed by atoms with van der Waals surface area (Å²) in [5.41, 5.74) is 16.8. The van der Waals surface area contributed by atoms with Crippen LogP contribution >= 0.6 is 0 Å². The van der Waals surface area contributed by atoms with E-state index in [0.717, 1.165) is 0 Å². The van der Waals surface area contributed by atoms with E-state index in [1.54, 1.807) is 27.7 Å². The highest BCUT2D eigenvalue weighted by Gasteiger charge is 2.36. The predicted molar refractivity (Wildman–Crippen MR) is 263 cm³/mol. The molecule has 0 rings (SSSR count). The molecule has 10 amide bonds. The molecule has 0 aliphatic rings. The monoisotopic (exact) mass is 1030 g/mol. The quantitative estimate of drug-likeness (QED) is 0.0345. The molecule has 9 atom stereocenters.